The van der Waals surface area contributed by atoms with Crippen molar-refractivity contribution in [2.45, 2.75) is 19.8 Å². The smallest absolute Gasteiger partial charge is 0.329 e. The summed E-state index contributed by atoms with van der Waals surface area (Å²) in [6.45, 7) is 3.36. The number of amides is 3. The van der Waals surface area contributed by atoms with Crippen molar-refractivity contribution in [3.8, 4) is 5.75 Å². The Morgan fingerprint density at radius 1 is 1.07 bits per heavy atom. The average Bonchev–Trinajstić information content (AvgIpc) is 3.28. The van der Waals surface area contributed by atoms with Crippen molar-refractivity contribution in [2.75, 3.05) is 25.0 Å². The van der Waals surface area contributed by atoms with Gasteiger partial charge in [-0.2, -0.15) is 5.10 Å². The number of nitrogens with zero attached hydrogens (tertiary/aromatic N) is 2. The van der Waals surface area contributed by atoms with Gasteiger partial charge in [-0.1, -0.05) is 24.3 Å². The van der Waals surface area contributed by atoms with Crippen LogP contribution in [0.4, 0.5) is 5.69 Å². The molecule has 2 aromatic carbocycles. The average molecular weight is 408 g/mol. The largest absolute Gasteiger partial charge is 0.483 e. The lowest BCUT2D eigenvalue weighted by Gasteiger charge is -2.16. The number of aryl methyl sites for hydroxylation is 1. The second-order valence-corrected chi connectivity index (χ2v) is 6.94. The van der Waals surface area contributed by atoms with Crippen LogP contribution in [0.2, 0.25) is 0 Å². The van der Waals surface area contributed by atoms with E-state index in [1.165, 1.54) is 6.21 Å². The number of rotatable bonds is 6. The van der Waals surface area contributed by atoms with E-state index in [2.05, 4.69) is 15.8 Å². The highest BCUT2D eigenvalue weighted by atomic mass is 16.5. The van der Waals surface area contributed by atoms with Crippen LogP contribution in [-0.4, -0.2) is 48.5 Å². The van der Waals surface area contributed by atoms with E-state index in [1.807, 2.05) is 13.0 Å². The SMILES string of the molecule is Cc1cccc(NC(=O)C(=O)N/N=C\c2ccccc2OCC(=O)N2CCCC2)c1. The molecule has 0 saturated carbocycles. The molecule has 30 heavy (non-hydrogen) atoms. The van der Waals surface area contributed by atoms with Crippen LogP contribution in [0.5, 0.6) is 5.75 Å². The Bertz CT molecular complexity index is 952. The molecule has 1 heterocycles. The molecule has 0 radical (unpaired) electrons. The molecule has 2 N–H and O–H groups in total. The van der Waals surface area contributed by atoms with Gasteiger partial charge in [-0.25, -0.2) is 5.43 Å². The van der Waals surface area contributed by atoms with E-state index in [0.717, 1.165) is 31.5 Å². The second-order valence-electron chi connectivity index (χ2n) is 6.94. The molecule has 0 bridgehead atoms. The molecule has 1 aliphatic heterocycles. The number of hydrazone groups is 1. The molecule has 0 aromatic heterocycles. The molecule has 1 fully saturated rings. The molecular formula is C22H24N4O4. The first-order valence-electron chi connectivity index (χ1n) is 9.73. The third-order valence-corrected chi connectivity index (χ3v) is 4.58. The summed E-state index contributed by atoms with van der Waals surface area (Å²) in [5.74, 6) is -1.30. The van der Waals surface area contributed by atoms with Crippen molar-refractivity contribution in [3.63, 3.8) is 0 Å². The Morgan fingerprint density at radius 3 is 2.60 bits per heavy atom. The molecule has 156 valence electrons. The van der Waals surface area contributed by atoms with Gasteiger partial charge in [-0.05, 0) is 49.6 Å². The minimum Gasteiger partial charge on any atom is -0.483 e. The van der Waals surface area contributed by atoms with Crippen molar-refractivity contribution in [1.29, 1.82) is 0 Å². The zero-order chi connectivity index (χ0) is 21.3. The molecule has 0 aliphatic carbocycles. The highest BCUT2D eigenvalue weighted by Crippen LogP contribution is 2.16. The van der Waals surface area contributed by atoms with Crippen LogP contribution in [0, 0.1) is 6.92 Å². The van der Waals surface area contributed by atoms with Crippen LogP contribution in [0.15, 0.2) is 53.6 Å². The van der Waals surface area contributed by atoms with Crippen molar-refractivity contribution >= 4 is 29.6 Å². The van der Waals surface area contributed by atoms with Crippen LogP contribution in [-0.2, 0) is 14.4 Å². The molecule has 8 nitrogen and oxygen atoms in total. The van der Waals surface area contributed by atoms with Crippen LogP contribution >= 0.6 is 0 Å². The fraction of sp³-hybridized carbons (Fsp3) is 0.273. The molecule has 3 rings (SSSR count). The van der Waals surface area contributed by atoms with Gasteiger partial charge in [0.15, 0.2) is 6.61 Å². The zero-order valence-electron chi connectivity index (χ0n) is 16.8. The summed E-state index contributed by atoms with van der Waals surface area (Å²) in [6.07, 6.45) is 3.41. The number of ether oxygens (including phenoxy) is 1. The maximum absolute atomic E-state index is 12.1. The normalized spacial score (nSPS) is 13.3. The van der Waals surface area contributed by atoms with E-state index < -0.39 is 11.8 Å². The van der Waals surface area contributed by atoms with E-state index in [9.17, 15) is 14.4 Å². The molecule has 3 amide bonds. The number of hydrogen-bond acceptors (Lipinski definition) is 5. The van der Waals surface area contributed by atoms with Gasteiger partial charge in [0.1, 0.15) is 5.75 Å². The van der Waals surface area contributed by atoms with Gasteiger partial charge in [0.05, 0.1) is 6.21 Å². The van der Waals surface area contributed by atoms with Gasteiger partial charge in [-0.3, -0.25) is 14.4 Å². The van der Waals surface area contributed by atoms with Gasteiger partial charge >= 0.3 is 11.8 Å². The van der Waals surface area contributed by atoms with E-state index >= 15 is 0 Å². The summed E-state index contributed by atoms with van der Waals surface area (Å²) >= 11 is 0. The van der Waals surface area contributed by atoms with Crippen molar-refractivity contribution in [2.24, 2.45) is 5.10 Å². The number of anilines is 1. The summed E-state index contributed by atoms with van der Waals surface area (Å²) in [6, 6.07) is 14.1. The molecule has 0 spiro atoms. The van der Waals surface area contributed by atoms with Gasteiger partial charge in [0.2, 0.25) is 0 Å². The summed E-state index contributed by atoms with van der Waals surface area (Å²) in [7, 11) is 0. The fourth-order valence-corrected chi connectivity index (χ4v) is 3.04. The van der Waals surface area contributed by atoms with Crippen LogP contribution in [0.3, 0.4) is 0 Å². The van der Waals surface area contributed by atoms with Crippen LogP contribution in [0.1, 0.15) is 24.0 Å². The summed E-state index contributed by atoms with van der Waals surface area (Å²) in [5, 5.41) is 6.34. The third-order valence-electron chi connectivity index (χ3n) is 4.58. The highest BCUT2D eigenvalue weighted by Gasteiger charge is 2.18. The molecule has 0 atom stereocenters. The minimum absolute atomic E-state index is 0.0552. The van der Waals surface area contributed by atoms with E-state index in [1.54, 1.807) is 47.4 Å². The number of nitrogens with one attached hydrogen (secondary N) is 2. The van der Waals surface area contributed by atoms with Gasteiger partial charge in [-0.15, -0.1) is 0 Å². The first-order valence-corrected chi connectivity index (χ1v) is 9.73. The van der Waals surface area contributed by atoms with Crippen molar-refractivity contribution < 1.29 is 19.1 Å². The zero-order valence-corrected chi connectivity index (χ0v) is 16.8. The van der Waals surface area contributed by atoms with E-state index in [0.29, 0.717) is 17.0 Å². The maximum Gasteiger partial charge on any atom is 0.329 e. The fourth-order valence-electron chi connectivity index (χ4n) is 3.04. The highest BCUT2D eigenvalue weighted by molar-refractivity contribution is 6.39. The third kappa shape index (κ3) is 5.91. The first kappa shape index (κ1) is 21.0. The number of hydrogen-bond donors (Lipinski definition) is 2. The monoisotopic (exact) mass is 408 g/mol. The topological polar surface area (TPSA) is 100 Å². The van der Waals surface area contributed by atoms with Crippen LogP contribution < -0.4 is 15.5 Å². The molecule has 0 unspecified atom stereocenters. The maximum atomic E-state index is 12.1. The molecule has 1 aliphatic rings. The molecule has 8 heteroatoms. The first-order chi connectivity index (χ1) is 14.5. The lowest BCUT2D eigenvalue weighted by Crippen LogP contribution is -2.32. The molecule has 2 aromatic rings. The lowest BCUT2D eigenvalue weighted by atomic mass is 10.2. The van der Waals surface area contributed by atoms with Crippen molar-refractivity contribution in [3.05, 3.63) is 59.7 Å². The summed E-state index contributed by atoms with van der Waals surface area (Å²) < 4.78 is 5.63. The quantitative estimate of drug-likeness (QED) is 0.434. The second kappa shape index (κ2) is 10.2. The number of likely N-dealkylation sites (tertiary alicyclic amines) is 1. The van der Waals surface area contributed by atoms with Gasteiger partial charge < -0.3 is 15.0 Å². The van der Waals surface area contributed by atoms with Gasteiger partial charge in [0, 0.05) is 24.3 Å². The number of carbonyl (C=O) groups is 3. The Morgan fingerprint density at radius 2 is 1.83 bits per heavy atom. The lowest BCUT2D eigenvalue weighted by molar-refractivity contribution is -0.136. The molecular weight excluding hydrogens is 384 g/mol. The van der Waals surface area contributed by atoms with E-state index in [4.69, 9.17) is 4.74 Å². The number of para-hydroxylation sites is 1. The standard InChI is InChI=1S/C22H24N4O4/c1-16-7-6-9-18(13-16)24-21(28)22(29)25-23-14-17-8-2-3-10-19(17)30-15-20(27)26-11-4-5-12-26/h2-3,6-10,13-14H,4-5,11-12,15H2,1H3,(H,24,28)(H,25,29)/b23-14-. The van der Waals surface area contributed by atoms with Gasteiger partial charge in [0.25, 0.3) is 5.91 Å². The van der Waals surface area contributed by atoms with Crippen molar-refractivity contribution in [1.82, 2.24) is 10.3 Å². The van der Waals surface area contributed by atoms with Crippen LogP contribution in [0.25, 0.3) is 0 Å². The summed E-state index contributed by atoms with van der Waals surface area (Å²) in [4.78, 5) is 37.9. The molecule has 1 saturated heterocycles. The van der Waals surface area contributed by atoms with E-state index in [-0.39, 0.29) is 12.5 Å². The predicted octanol–water partition coefficient (Wildman–Crippen LogP) is 2.09. The Kier molecular flexibility index (Phi) is 7.15. The Hall–Kier alpha value is -3.68. The predicted molar refractivity (Wildman–Crippen MR) is 113 cm³/mol. The Balaban J connectivity index is 1.53. The summed E-state index contributed by atoms with van der Waals surface area (Å²) in [5.41, 5.74) is 4.26. The minimum atomic E-state index is -0.893. The number of benzene rings is 2. The number of carbonyl (C=O) groups excluding carboxylic acids is 3. The Labute approximate surface area is 174 Å².